The van der Waals surface area contributed by atoms with Crippen molar-refractivity contribution in [3.05, 3.63) is 70.5 Å². The first-order valence-electron chi connectivity index (χ1n) is 10.1. The second-order valence-electron chi connectivity index (χ2n) is 8.19. The molecule has 6 rings (SSSR count). The maximum Gasteiger partial charge on any atom is 0.279 e. The third kappa shape index (κ3) is 2.38. The highest BCUT2D eigenvalue weighted by atomic mass is 19.1. The maximum atomic E-state index is 14.5. The fourth-order valence-electron chi connectivity index (χ4n) is 5.06. The highest BCUT2D eigenvalue weighted by Gasteiger charge is 2.50. The maximum absolute atomic E-state index is 14.5. The average molecular weight is 407 g/mol. The number of fused-ring (bicyclic) bond motifs is 4. The summed E-state index contributed by atoms with van der Waals surface area (Å²) < 4.78 is 34.9. The van der Waals surface area contributed by atoms with E-state index < -0.39 is 11.6 Å². The number of rotatable bonds is 3. The fourth-order valence-corrected chi connectivity index (χ4v) is 5.06. The van der Waals surface area contributed by atoms with Gasteiger partial charge in [-0.3, -0.25) is 4.79 Å². The summed E-state index contributed by atoms with van der Waals surface area (Å²) in [6.45, 7) is 0.550. The van der Waals surface area contributed by atoms with Crippen molar-refractivity contribution in [1.82, 2.24) is 9.78 Å². The lowest BCUT2D eigenvalue weighted by atomic mass is 10.1. The van der Waals surface area contributed by atoms with Crippen LogP contribution in [0.4, 0.5) is 14.5 Å². The van der Waals surface area contributed by atoms with Gasteiger partial charge in [0.2, 0.25) is 0 Å². The van der Waals surface area contributed by atoms with Gasteiger partial charge in [-0.15, -0.1) is 0 Å². The Morgan fingerprint density at radius 1 is 1.17 bits per heavy atom. The first-order valence-corrected chi connectivity index (χ1v) is 10.1. The average Bonchev–Trinajstić information content (AvgIpc) is 3.08. The Morgan fingerprint density at radius 3 is 2.83 bits per heavy atom. The van der Waals surface area contributed by atoms with Gasteiger partial charge in [-0.05, 0) is 49.4 Å². The summed E-state index contributed by atoms with van der Waals surface area (Å²) in [4.78, 5) is 15.3. The fraction of sp³-hybridized carbons (Fsp3) is 0.304. The van der Waals surface area contributed by atoms with Crippen LogP contribution in [0.15, 0.2) is 36.4 Å². The molecule has 3 aromatic rings. The van der Waals surface area contributed by atoms with Gasteiger partial charge in [-0.1, -0.05) is 6.07 Å². The molecule has 0 bridgehead atoms. The zero-order valence-corrected chi connectivity index (χ0v) is 16.4. The van der Waals surface area contributed by atoms with Crippen LogP contribution < -0.4 is 9.64 Å². The molecule has 1 aromatic heterocycles. The first kappa shape index (κ1) is 17.6. The summed E-state index contributed by atoms with van der Waals surface area (Å²) >= 11 is 0. The Balaban J connectivity index is 1.45. The van der Waals surface area contributed by atoms with Gasteiger partial charge in [-0.2, -0.15) is 5.10 Å². The Kier molecular flexibility index (Phi) is 3.61. The number of aromatic nitrogens is 2. The SMILES string of the molecule is COc1cccc2c1CCN2C(=O)c1nn(-c2ccc(F)cc2F)c2c1C[C@H]1C[C@@H]21. The third-order valence-electron chi connectivity index (χ3n) is 6.55. The minimum atomic E-state index is -0.681. The molecule has 0 radical (unpaired) electrons. The normalized spacial score (nSPS) is 20.7. The minimum Gasteiger partial charge on any atom is -0.496 e. The second-order valence-corrected chi connectivity index (χ2v) is 8.19. The molecule has 0 saturated heterocycles. The van der Waals surface area contributed by atoms with E-state index in [-0.39, 0.29) is 11.6 Å². The van der Waals surface area contributed by atoms with Crippen molar-refractivity contribution in [2.75, 3.05) is 18.6 Å². The molecule has 1 amide bonds. The number of carbonyl (C=O) groups is 1. The van der Waals surface area contributed by atoms with Gasteiger partial charge in [0.25, 0.3) is 5.91 Å². The minimum absolute atomic E-state index is 0.180. The van der Waals surface area contributed by atoms with Gasteiger partial charge in [0.05, 0.1) is 18.5 Å². The summed E-state index contributed by atoms with van der Waals surface area (Å²) in [6.07, 6.45) is 2.52. The summed E-state index contributed by atoms with van der Waals surface area (Å²) in [7, 11) is 1.62. The number of methoxy groups -OCH3 is 1. The van der Waals surface area contributed by atoms with Crippen molar-refractivity contribution in [3.8, 4) is 11.4 Å². The number of hydrogen-bond donors (Lipinski definition) is 0. The van der Waals surface area contributed by atoms with E-state index in [0.29, 0.717) is 30.5 Å². The molecule has 0 spiro atoms. The quantitative estimate of drug-likeness (QED) is 0.659. The van der Waals surface area contributed by atoms with E-state index in [4.69, 9.17) is 4.74 Å². The molecule has 2 heterocycles. The Hall–Kier alpha value is -3.22. The number of halogens is 2. The van der Waals surface area contributed by atoms with Crippen LogP contribution >= 0.6 is 0 Å². The molecule has 0 N–H and O–H groups in total. The van der Waals surface area contributed by atoms with Gasteiger partial charge in [0, 0.05) is 29.7 Å². The predicted octanol–water partition coefficient (Wildman–Crippen LogP) is 4.02. The van der Waals surface area contributed by atoms with E-state index in [1.807, 2.05) is 18.2 Å². The summed E-state index contributed by atoms with van der Waals surface area (Å²) in [5.74, 6) is 0.0617. The van der Waals surface area contributed by atoms with E-state index in [1.165, 1.54) is 16.8 Å². The molecule has 1 fully saturated rings. The number of amides is 1. The molecule has 1 saturated carbocycles. The third-order valence-corrected chi connectivity index (χ3v) is 6.55. The monoisotopic (exact) mass is 407 g/mol. The molecule has 30 heavy (non-hydrogen) atoms. The van der Waals surface area contributed by atoms with Crippen molar-refractivity contribution in [3.63, 3.8) is 0 Å². The summed E-state index contributed by atoms with van der Waals surface area (Å²) in [6, 6.07) is 9.14. The first-order chi connectivity index (χ1) is 14.6. The molecule has 2 atom stereocenters. The molecular weight excluding hydrogens is 388 g/mol. The van der Waals surface area contributed by atoms with Crippen molar-refractivity contribution >= 4 is 11.6 Å². The van der Waals surface area contributed by atoms with Crippen molar-refractivity contribution < 1.29 is 18.3 Å². The Bertz CT molecular complexity index is 1220. The van der Waals surface area contributed by atoms with Crippen molar-refractivity contribution in [2.45, 2.75) is 25.2 Å². The van der Waals surface area contributed by atoms with Crippen LogP contribution in [0.1, 0.15) is 39.6 Å². The van der Waals surface area contributed by atoms with Crippen LogP contribution in [0.5, 0.6) is 5.75 Å². The van der Waals surface area contributed by atoms with Crippen molar-refractivity contribution in [1.29, 1.82) is 0 Å². The molecule has 2 aliphatic carbocycles. The molecule has 0 unspecified atom stereocenters. The van der Waals surface area contributed by atoms with E-state index >= 15 is 0 Å². The lowest BCUT2D eigenvalue weighted by Gasteiger charge is -2.17. The lowest BCUT2D eigenvalue weighted by molar-refractivity contribution is 0.0983. The predicted molar refractivity (Wildman–Crippen MR) is 106 cm³/mol. The van der Waals surface area contributed by atoms with Gasteiger partial charge in [0.1, 0.15) is 17.3 Å². The van der Waals surface area contributed by atoms with Crippen LogP contribution in [0.3, 0.4) is 0 Å². The number of benzene rings is 2. The van der Waals surface area contributed by atoms with E-state index in [1.54, 1.807) is 12.0 Å². The smallest absolute Gasteiger partial charge is 0.279 e. The summed E-state index contributed by atoms with van der Waals surface area (Å²) in [5, 5.41) is 4.56. The number of carbonyl (C=O) groups excluding carboxylic acids is 1. The largest absolute Gasteiger partial charge is 0.496 e. The zero-order chi connectivity index (χ0) is 20.6. The van der Waals surface area contributed by atoms with Crippen LogP contribution in [-0.2, 0) is 12.8 Å². The Morgan fingerprint density at radius 2 is 2.03 bits per heavy atom. The molecule has 5 nitrogen and oxygen atoms in total. The number of anilines is 1. The standard InChI is InChI=1S/C23H19F2N3O2/c1-30-20-4-2-3-18-14(20)7-8-27(18)23(29)21-16-10-12-9-15(12)22(16)28(26-21)19-6-5-13(24)11-17(19)25/h2-6,11-12,15H,7-10H2,1H3/t12-,15-/m1/s1. The van der Waals surface area contributed by atoms with Crippen LogP contribution in [0.2, 0.25) is 0 Å². The molecule has 152 valence electrons. The highest BCUT2D eigenvalue weighted by Crippen LogP contribution is 2.57. The van der Waals surface area contributed by atoms with Crippen LogP contribution in [-0.4, -0.2) is 29.3 Å². The number of hydrogen-bond acceptors (Lipinski definition) is 3. The van der Waals surface area contributed by atoms with Gasteiger partial charge < -0.3 is 9.64 Å². The van der Waals surface area contributed by atoms with Gasteiger partial charge in [0.15, 0.2) is 11.5 Å². The van der Waals surface area contributed by atoms with E-state index in [2.05, 4.69) is 5.10 Å². The van der Waals surface area contributed by atoms with E-state index in [0.717, 1.165) is 47.2 Å². The van der Waals surface area contributed by atoms with E-state index in [9.17, 15) is 13.6 Å². The second kappa shape index (κ2) is 6.14. The van der Waals surface area contributed by atoms with Gasteiger partial charge in [-0.25, -0.2) is 13.5 Å². The molecule has 2 aromatic carbocycles. The van der Waals surface area contributed by atoms with Crippen LogP contribution in [0.25, 0.3) is 5.69 Å². The highest BCUT2D eigenvalue weighted by molar-refractivity contribution is 6.07. The Labute approximate surface area is 171 Å². The van der Waals surface area contributed by atoms with Crippen molar-refractivity contribution in [2.24, 2.45) is 5.92 Å². The number of nitrogens with zero attached hydrogens (tertiary/aromatic N) is 3. The van der Waals surface area contributed by atoms with Crippen LogP contribution in [0, 0.1) is 17.6 Å². The number of ether oxygens (including phenoxy) is 1. The topological polar surface area (TPSA) is 47.4 Å². The summed E-state index contributed by atoms with van der Waals surface area (Å²) in [5.41, 5.74) is 4.20. The lowest BCUT2D eigenvalue weighted by Crippen LogP contribution is -2.30. The molecule has 1 aliphatic heterocycles. The van der Waals surface area contributed by atoms with Gasteiger partial charge >= 0.3 is 0 Å². The molecular formula is C23H19F2N3O2. The zero-order valence-electron chi connectivity index (χ0n) is 16.4. The molecule has 3 aliphatic rings. The molecule has 7 heteroatoms.